The zero-order chi connectivity index (χ0) is 12.1. The molecule has 0 radical (unpaired) electrons. The second-order valence-corrected chi connectivity index (χ2v) is 5.48. The standard InChI is InChI=1S/C14H26N2O/c1-2-15-13-7-5-6-12(13)9-11-16-10-4-3-8-14(16)17/h12-13,15H,2-11H2,1H3. The lowest BCUT2D eigenvalue weighted by Crippen LogP contribution is -2.39. The Bertz CT molecular complexity index is 255. The third-order valence-electron chi connectivity index (χ3n) is 4.32. The average Bonchev–Trinajstić information content (AvgIpc) is 2.76. The molecule has 0 aromatic rings. The van der Waals surface area contributed by atoms with Crippen molar-refractivity contribution in [3.05, 3.63) is 0 Å². The third kappa shape index (κ3) is 3.44. The van der Waals surface area contributed by atoms with E-state index in [4.69, 9.17) is 0 Å². The summed E-state index contributed by atoms with van der Waals surface area (Å²) >= 11 is 0. The monoisotopic (exact) mass is 238 g/mol. The van der Waals surface area contributed by atoms with Crippen molar-refractivity contribution in [1.29, 1.82) is 0 Å². The molecular formula is C14H26N2O. The lowest BCUT2D eigenvalue weighted by atomic mass is 9.98. The number of rotatable bonds is 5. The Kier molecular flexibility index (Phi) is 4.84. The fourth-order valence-electron chi connectivity index (χ4n) is 3.33. The molecule has 1 saturated heterocycles. The van der Waals surface area contributed by atoms with Gasteiger partial charge in [-0.1, -0.05) is 13.3 Å². The van der Waals surface area contributed by atoms with Gasteiger partial charge in [-0.25, -0.2) is 0 Å². The Balaban J connectivity index is 1.74. The van der Waals surface area contributed by atoms with Crippen LogP contribution in [-0.2, 0) is 4.79 Å². The van der Waals surface area contributed by atoms with E-state index in [1.165, 1.54) is 32.1 Å². The minimum absolute atomic E-state index is 0.384. The van der Waals surface area contributed by atoms with Gasteiger partial charge in [-0.15, -0.1) is 0 Å². The van der Waals surface area contributed by atoms with Crippen LogP contribution in [0, 0.1) is 5.92 Å². The van der Waals surface area contributed by atoms with Crippen molar-refractivity contribution in [2.24, 2.45) is 5.92 Å². The maximum Gasteiger partial charge on any atom is 0.222 e. The highest BCUT2D eigenvalue weighted by atomic mass is 16.2. The molecule has 2 fully saturated rings. The Morgan fingerprint density at radius 1 is 1.29 bits per heavy atom. The summed E-state index contributed by atoms with van der Waals surface area (Å²) in [5, 5.41) is 3.59. The first-order chi connectivity index (χ1) is 8.31. The number of carbonyl (C=O) groups excluding carboxylic acids is 1. The summed E-state index contributed by atoms with van der Waals surface area (Å²) in [5.41, 5.74) is 0. The van der Waals surface area contributed by atoms with Crippen molar-refractivity contribution in [1.82, 2.24) is 10.2 Å². The SMILES string of the molecule is CCNC1CCCC1CCN1CCCCC1=O. The van der Waals surface area contributed by atoms with Crippen molar-refractivity contribution in [2.45, 2.75) is 57.9 Å². The van der Waals surface area contributed by atoms with E-state index in [2.05, 4.69) is 17.1 Å². The first kappa shape index (κ1) is 12.9. The summed E-state index contributed by atoms with van der Waals surface area (Å²) in [4.78, 5) is 13.8. The van der Waals surface area contributed by atoms with Gasteiger partial charge in [-0.2, -0.15) is 0 Å². The number of hydrogen-bond donors (Lipinski definition) is 1. The quantitative estimate of drug-likeness (QED) is 0.796. The van der Waals surface area contributed by atoms with Crippen LogP contribution in [0.2, 0.25) is 0 Å². The van der Waals surface area contributed by atoms with Crippen molar-refractivity contribution in [2.75, 3.05) is 19.6 Å². The average molecular weight is 238 g/mol. The molecule has 2 unspecified atom stereocenters. The molecule has 1 saturated carbocycles. The molecule has 0 spiro atoms. The number of hydrogen-bond acceptors (Lipinski definition) is 2. The minimum atomic E-state index is 0.384. The molecule has 17 heavy (non-hydrogen) atoms. The molecule has 2 aliphatic rings. The third-order valence-corrected chi connectivity index (χ3v) is 4.32. The Morgan fingerprint density at radius 2 is 2.18 bits per heavy atom. The highest BCUT2D eigenvalue weighted by Gasteiger charge is 2.27. The van der Waals surface area contributed by atoms with Crippen LogP contribution in [0.25, 0.3) is 0 Å². The Hall–Kier alpha value is -0.570. The molecule has 1 N–H and O–H groups in total. The van der Waals surface area contributed by atoms with Gasteiger partial charge in [0, 0.05) is 25.6 Å². The van der Waals surface area contributed by atoms with Gasteiger partial charge in [0.05, 0.1) is 0 Å². The maximum absolute atomic E-state index is 11.7. The Labute approximate surface area is 105 Å². The molecule has 3 heteroatoms. The summed E-state index contributed by atoms with van der Waals surface area (Å²) in [6.07, 6.45) is 8.30. The molecule has 3 nitrogen and oxygen atoms in total. The van der Waals surface area contributed by atoms with Crippen molar-refractivity contribution < 1.29 is 4.79 Å². The van der Waals surface area contributed by atoms with E-state index in [-0.39, 0.29) is 0 Å². The molecule has 0 aromatic heterocycles. The number of amides is 1. The molecule has 0 bridgehead atoms. The summed E-state index contributed by atoms with van der Waals surface area (Å²) < 4.78 is 0. The number of piperidine rings is 1. The zero-order valence-electron chi connectivity index (χ0n) is 11.1. The van der Waals surface area contributed by atoms with E-state index in [9.17, 15) is 4.79 Å². The van der Waals surface area contributed by atoms with E-state index in [1.807, 2.05) is 0 Å². The highest BCUT2D eigenvalue weighted by Crippen LogP contribution is 2.28. The van der Waals surface area contributed by atoms with E-state index in [1.54, 1.807) is 0 Å². The van der Waals surface area contributed by atoms with Crippen molar-refractivity contribution >= 4 is 5.91 Å². The largest absolute Gasteiger partial charge is 0.343 e. The van der Waals surface area contributed by atoms with Gasteiger partial charge in [-0.3, -0.25) is 4.79 Å². The van der Waals surface area contributed by atoms with Gasteiger partial charge in [-0.05, 0) is 44.6 Å². The van der Waals surface area contributed by atoms with Gasteiger partial charge >= 0.3 is 0 Å². The van der Waals surface area contributed by atoms with E-state index < -0.39 is 0 Å². The number of likely N-dealkylation sites (tertiary alicyclic amines) is 1. The summed E-state index contributed by atoms with van der Waals surface area (Å²) in [6, 6.07) is 0.708. The van der Waals surface area contributed by atoms with Gasteiger partial charge < -0.3 is 10.2 Å². The van der Waals surface area contributed by atoms with Crippen molar-refractivity contribution in [3.63, 3.8) is 0 Å². The number of nitrogens with one attached hydrogen (secondary N) is 1. The van der Waals surface area contributed by atoms with E-state index in [0.29, 0.717) is 11.9 Å². The molecule has 1 heterocycles. The maximum atomic E-state index is 11.7. The van der Waals surface area contributed by atoms with Crippen LogP contribution in [0.4, 0.5) is 0 Å². The zero-order valence-corrected chi connectivity index (χ0v) is 11.1. The fourth-order valence-corrected chi connectivity index (χ4v) is 3.33. The molecule has 98 valence electrons. The molecule has 1 aliphatic heterocycles. The van der Waals surface area contributed by atoms with Crippen molar-refractivity contribution in [3.8, 4) is 0 Å². The lowest BCUT2D eigenvalue weighted by Gasteiger charge is -2.29. The van der Waals surface area contributed by atoms with Crippen LogP contribution < -0.4 is 5.32 Å². The normalized spacial score (nSPS) is 29.9. The van der Waals surface area contributed by atoms with Crippen LogP contribution >= 0.6 is 0 Å². The van der Waals surface area contributed by atoms with Crippen LogP contribution in [-0.4, -0.2) is 36.5 Å². The molecular weight excluding hydrogens is 212 g/mol. The van der Waals surface area contributed by atoms with E-state index >= 15 is 0 Å². The van der Waals surface area contributed by atoms with Crippen LogP contribution in [0.15, 0.2) is 0 Å². The molecule has 2 atom stereocenters. The van der Waals surface area contributed by atoms with Crippen LogP contribution in [0.5, 0.6) is 0 Å². The van der Waals surface area contributed by atoms with Crippen LogP contribution in [0.3, 0.4) is 0 Å². The highest BCUT2D eigenvalue weighted by molar-refractivity contribution is 5.76. The first-order valence-electron chi connectivity index (χ1n) is 7.32. The number of nitrogens with zero attached hydrogens (tertiary/aromatic N) is 1. The summed E-state index contributed by atoms with van der Waals surface area (Å²) in [7, 11) is 0. The first-order valence-corrected chi connectivity index (χ1v) is 7.32. The predicted molar refractivity (Wildman–Crippen MR) is 69.9 cm³/mol. The second kappa shape index (κ2) is 6.39. The minimum Gasteiger partial charge on any atom is -0.343 e. The summed E-state index contributed by atoms with van der Waals surface area (Å²) in [6.45, 7) is 5.25. The van der Waals surface area contributed by atoms with Gasteiger partial charge in [0.2, 0.25) is 5.91 Å². The van der Waals surface area contributed by atoms with E-state index in [0.717, 1.165) is 38.4 Å². The second-order valence-electron chi connectivity index (χ2n) is 5.48. The fraction of sp³-hybridized carbons (Fsp3) is 0.929. The Morgan fingerprint density at radius 3 is 2.94 bits per heavy atom. The van der Waals surface area contributed by atoms with Gasteiger partial charge in [0.1, 0.15) is 0 Å². The van der Waals surface area contributed by atoms with Gasteiger partial charge in [0.25, 0.3) is 0 Å². The van der Waals surface area contributed by atoms with Gasteiger partial charge in [0.15, 0.2) is 0 Å². The predicted octanol–water partition coefficient (Wildman–Crippen LogP) is 2.17. The molecule has 1 aliphatic carbocycles. The number of carbonyl (C=O) groups is 1. The summed E-state index contributed by atoms with van der Waals surface area (Å²) in [5.74, 6) is 1.18. The lowest BCUT2D eigenvalue weighted by molar-refractivity contribution is -0.133. The topological polar surface area (TPSA) is 32.3 Å². The van der Waals surface area contributed by atoms with Crippen LogP contribution in [0.1, 0.15) is 51.9 Å². The molecule has 0 aromatic carbocycles. The molecule has 1 amide bonds. The molecule has 2 rings (SSSR count). The smallest absolute Gasteiger partial charge is 0.222 e.